The molecule has 0 saturated carbocycles. The second-order valence-corrected chi connectivity index (χ2v) is 5.97. The molecule has 0 radical (unpaired) electrons. The van der Waals surface area contributed by atoms with Gasteiger partial charge in [-0.1, -0.05) is 6.07 Å². The first kappa shape index (κ1) is 14.1. The van der Waals surface area contributed by atoms with Crippen molar-refractivity contribution in [2.45, 2.75) is 32.6 Å². The third-order valence-electron chi connectivity index (χ3n) is 4.49. The van der Waals surface area contributed by atoms with Crippen molar-refractivity contribution in [1.29, 1.82) is 0 Å². The Morgan fingerprint density at radius 3 is 2.87 bits per heavy atom. The van der Waals surface area contributed by atoms with Gasteiger partial charge in [-0.15, -0.1) is 0 Å². The first-order chi connectivity index (χ1) is 11.3. The summed E-state index contributed by atoms with van der Waals surface area (Å²) in [5.41, 5.74) is 2.47. The van der Waals surface area contributed by atoms with Crippen LogP contribution >= 0.6 is 0 Å². The van der Waals surface area contributed by atoms with Gasteiger partial charge in [0.2, 0.25) is 0 Å². The molecule has 23 heavy (non-hydrogen) atoms. The van der Waals surface area contributed by atoms with Crippen molar-refractivity contribution in [3.8, 4) is 0 Å². The van der Waals surface area contributed by atoms with E-state index in [9.17, 15) is 0 Å². The van der Waals surface area contributed by atoms with E-state index in [0.717, 1.165) is 32.0 Å². The molecule has 0 N–H and O–H groups in total. The molecular weight excluding hydrogens is 288 g/mol. The minimum absolute atomic E-state index is 0.301. The van der Waals surface area contributed by atoms with Crippen molar-refractivity contribution in [3.05, 3.63) is 66.3 Å². The normalized spacial score (nSPS) is 18.0. The van der Waals surface area contributed by atoms with Gasteiger partial charge in [-0.25, -0.2) is 4.98 Å². The Bertz CT molecular complexity index is 762. The van der Waals surface area contributed by atoms with E-state index < -0.39 is 0 Å². The molecule has 3 aromatic rings. The molecule has 4 rings (SSSR count). The Balaban J connectivity index is 1.53. The SMILES string of the molecule is C[C@@H]1c2ncc(Cn3cccn3)n2CCN1Cc1cccnc1. The lowest BCUT2D eigenvalue weighted by Gasteiger charge is -2.34. The average Bonchev–Trinajstić information content (AvgIpc) is 3.22. The largest absolute Gasteiger partial charge is 0.328 e. The molecule has 0 saturated heterocycles. The quantitative estimate of drug-likeness (QED) is 0.740. The van der Waals surface area contributed by atoms with Crippen molar-refractivity contribution in [2.75, 3.05) is 6.54 Å². The van der Waals surface area contributed by atoms with Gasteiger partial charge in [-0.3, -0.25) is 14.6 Å². The van der Waals surface area contributed by atoms with Crippen LogP contribution < -0.4 is 0 Å². The zero-order chi connectivity index (χ0) is 15.6. The zero-order valence-corrected chi connectivity index (χ0v) is 13.2. The van der Waals surface area contributed by atoms with Crippen LogP contribution in [-0.4, -0.2) is 35.8 Å². The van der Waals surface area contributed by atoms with E-state index in [4.69, 9.17) is 0 Å². The van der Waals surface area contributed by atoms with Crippen molar-refractivity contribution in [1.82, 2.24) is 29.2 Å². The van der Waals surface area contributed by atoms with E-state index in [0.29, 0.717) is 6.04 Å². The van der Waals surface area contributed by atoms with Crippen LogP contribution in [0.5, 0.6) is 0 Å². The molecule has 0 bridgehead atoms. The molecule has 3 aromatic heterocycles. The summed E-state index contributed by atoms with van der Waals surface area (Å²) in [6.07, 6.45) is 9.54. The lowest BCUT2D eigenvalue weighted by Crippen LogP contribution is -2.37. The van der Waals surface area contributed by atoms with Gasteiger partial charge in [0.15, 0.2) is 0 Å². The van der Waals surface area contributed by atoms with Crippen molar-refractivity contribution >= 4 is 0 Å². The highest BCUT2D eigenvalue weighted by Crippen LogP contribution is 2.26. The summed E-state index contributed by atoms with van der Waals surface area (Å²) in [7, 11) is 0. The molecule has 0 aromatic carbocycles. The molecule has 0 amide bonds. The van der Waals surface area contributed by atoms with Gasteiger partial charge in [0.1, 0.15) is 5.82 Å². The summed E-state index contributed by atoms with van der Waals surface area (Å²) < 4.78 is 4.28. The van der Waals surface area contributed by atoms with E-state index in [1.165, 1.54) is 11.3 Å². The zero-order valence-electron chi connectivity index (χ0n) is 13.2. The summed E-state index contributed by atoms with van der Waals surface area (Å²) in [4.78, 5) is 11.3. The number of imidazole rings is 1. The molecule has 0 unspecified atom stereocenters. The van der Waals surface area contributed by atoms with Crippen LogP contribution in [0.1, 0.15) is 30.0 Å². The molecule has 0 fully saturated rings. The minimum atomic E-state index is 0.301. The highest BCUT2D eigenvalue weighted by Gasteiger charge is 2.27. The second kappa shape index (κ2) is 5.96. The number of rotatable bonds is 4. The molecule has 1 aliphatic heterocycles. The fourth-order valence-corrected chi connectivity index (χ4v) is 3.23. The summed E-state index contributed by atoms with van der Waals surface area (Å²) in [5.74, 6) is 1.14. The maximum atomic E-state index is 4.67. The monoisotopic (exact) mass is 308 g/mol. The van der Waals surface area contributed by atoms with Crippen LogP contribution in [0.4, 0.5) is 0 Å². The minimum Gasteiger partial charge on any atom is -0.328 e. The molecule has 0 aliphatic carbocycles. The van der Waals surface area contributed by atoms with E-state index in [2.05, 4.69) is 37.5 Å². The number of hydrogen-bond acceptors (Lipinski definition) is 4. The van der Waals surface area contributed by atoms with E-state index in [-0.39, 0.29) is 0 Å². The van der Waals surface area contributed by atoms with Crippen LogP contribution in [0.2, 0.25) is 0 Å². The Morgan fingerprint density at radius 2 is 2.09 bits per heavy atom. The maximum Gasteiger partial charge on any atom is 0.126 e. The van der Waals surface area contributed by atoms with Gasteiger partial charge in [-0.05, 0) is 24.6 Å². The lowest BCUT2D eigenvalue weighted by atomic mass is 10.1. The summed E-state index contributed by atoms with van der Waals surface area (Å²) in [6.45, 7) is 5.90. The summed E-state index contributed by atoms with van der Waals surface area (Å²) >= 11 is 0. The molecular formula is C17H20N6. The number of hydrogen-bond donors (Lipinski definition) is 0. The highest BCUT2D eigenvalue weighted by molar-refractivity contribution is 5.14. The standard InChI is InChI=1S/C17H20N6/c1-14-17-19-11-16(13-22-7-3-6-20-22)23(17)9-8-21(14)12-15-4-2-5-18-10-15/h2-7,10-11,14H,8-9,12-13H2,1H3/t14-/m1/s1. The fraction of sp³-hybridized carbons (Fsp3) is 0.353. The Morgan fingerprint density at radius 1 is 1.13 bits per heavy atom. The third-order valence-corrected chi connectivity index (χ3v) is 4.49. The first-order valence-corrected chi connectivity index (χ1v) is 7.96. The Kier molecular flexibility index (Phi) is 3.67. The number of aromatic nitrogens is 5. The Labute approximate surface area is 135 Å². The number of nitrogens with zero attached hydrogens (tertiary/aromatic N) is 6. The van der Waals surface area contributed by atoms with Gasteiger partial charge < -0.3 is 4.57 Å². The van der Waals surface area contributed by atoms with Gasteiger partial charge in [0.25, 0.3) is 0 Å². The van der Waals surface area contributed by atoms with Crippen molar-refractivity contribution in [3.63, 3.8) is 0 Å². The molecule has 0 spiro atoms. The number of fused-ring (bicyclic) bond motifs is 1. The molecule has 1 aliphatic rings. The van der Waals surface area contributed by atoms with Crippen LogP contribution in [0.3, 0.4) is 0 Å². The van der Waals surface area contributed by atoms with Crippen molar-refractivity contribution < 1.29 is 0 Å². The van der Waals surface area contributed by atoms with Gasteiger partial charge >= 0.3 is 0 Å². The molecule has 118 valence electrons. The Hall–Kier alpha value is -2.47. The van der Waals surface area contributed by atoms with Crippen molar-refractivity contribution in [2.24, 2.45) is 0 Å². The lowest BCUT2D eigenvalue weighted by molar-refractivity contribution is 0.154. The van der Waals surface area contributed by atoms with E-state index >= 15 is 0 Å². The predicted molar refractivity (Wildman–Crippen MR) is 86.6 cm³/mol. The number of pyridine rings is 1. The average molecular weight is 308 g/mol. The first-order valence-electron chi connectivity index (χ1n) is 7.96. The van der Waals surface area contributed by atoms with E-state index in [1.807, 2.05) is 47.8 Å². The maximum absolute atomic E-state index is 4.67. The topological polar surface area (TPSA) is 51.8 Å². The molecule has 4 heterocycles. The summed E-state index contributed by atoms with van der Waals surface area (Å²) in [5, 5.41) is 4.29. The van der Waals surface area contributed by atoms with Crippen LogP contribution in [-0.2, 0) is 19.6 Å². The van der Waals surface area contributed by atoms with Gasteiger partial charge in [0.05, 0.1) is 24.5 Å². The highest BCUT2D eigenvalue weighted by atomic mass is 15.3. The smallest absolute Gasteiger partial charge is 0.126 e. The molecule has 6 nitrogen and oxygen atoms in total. The fourth-order valence-electron chi connectivity index (χ4n) is 3.23. The van der Waals surface area contributed by atoms with Gasteiger partial charge in [0, 0.05) is 44.4 Å². The van der Waals surface area contributed by atoms with Gasteiger partial charge in [-0.2, -0.15) is 5.10 Å². The van der Waals surface area contributed by atoms with Crippen LogP contribution in [0, 0.1) is 0 Å². The molecule has 6 heteroatoms. The van der Waals surface area contributed by atoms with E-state index in [1.54, 1.807) is 0 Å². The van der Waals surface area contributed by atoms with Crippen LogP contribution in [0.15, 0.2) is 49.2 Å². The predicted octanol–water partition coefficient (Wildman–Crippen LogP) is 2.10. The third kappa shape index (κ3) is 2.77. The molecule has 1 atom stereocenters. The van der Waals surface area contributed by atoms with Crippen LogP contribution in [0.25, 0.3) is 0 Å². The summed E-state index contributed by atoms with van der Waals surface area (Å²) in [6, 6.07) is 6.37. The second-order valence-electron chi connectivity index (χ2n) is 5.97.